The van der Waals surface area contributed by atoms with Crippen molar-refractivity contribution in [2.24, 2.45) is 5.92 Å². The second-order valence-corrected chi connectivity index (χ2v) is 4.09. The molecule has 0 heterocycles. The van der Waals surface area contributed by atoms with Gasteiger partial charge in [0.15, 0.2) is 0 Å². The van der Waals surface area contributed by atoms with Gasteiger partial charge in [0.2, 0.25) is 0 Å². The molecule has 0 aromatic rings. The van der Waals surface area contributed by atoms with Gasteiger partial charge >= 0.3 is 0 Å². The molecule has 0 fully saturated rings. The van der Waals surface area contributed by atoms with Gasteiger partial charge in [0, 0.05) is 6.61 Å². The molecule has 80 valence electrons. The quantitative estimate of drug-likeness (QED) is 0.644. The Bertz CT molecular complexity index is 119. The zero-order valence-electron chi connectivity index (χ0n) is 9.21. The van der Waals surface area contributed by atoms with Gasteiger partial charge in [-0.15, -0.1) is 0 Å². The van der Waals surface area contributed by atoms with E-state index in [9.17, 15) is 5.11 Å². The lowest BCUT2D eigenvalue weighted by molar-refractivity contribution is 0.0172. The molecule has 0 saturated heterocycles. The van der Waals surface area contributed by atoms with E-state index in [4.69, 9.17) is 5.11 Å². The van der Waals surface area contributed by atoms with E-state index in [1.165, 1.54) is 0 Å². The fourth-order valence-electron chi connectivity index (χ4n) is 1.48. The maximum Gasteiger partial charge on any atom is 0.0642 e. The normalized spacial score (nSPS) is 14.5. The fraction of sp³-hybridized carbons (Fsp3) is 1.00. The maximum absolute atomic E-state index is 9.98. The molecule has 0 saturated carbocycles. The molecule has 0 spiro atoms. The van der Waals surface area contributed by atoms with Gasteiger partial charge < -0.3 is 10.2 Å². The van der Waals surface area contributed by atoms with Crippen LogP contribution in [-0.2, 0) is 0 Å². The first-order valence-electron chi connectivity index (χ1n) is 5.41. The summed E-state index contributed by atoms with van der Waals surface area (Å²) in [5, 5.41) is 18.7. The first-order chi connectivity index (χ1) is 6.08. The molecule has 2 nitrogen and oxygen atoms in total. The molecule has 1 atom stereocenters. The smallest absolute Gasteiger partial charge is 0.0642 e. The Kier molecular flexibility index (Phi) is 6.35. The van der Waals surface area contributed by atoms with Crippen LogP contribution >= 0.6 is 0 Å². The fourth-order valence-corrected chi connectivity index (χ4v) is 1.48. The summed E-state index contributed by atoms with van der Waals surface area (Å²) in [6.45, 7) is 6.44. The van der Waals surface area contributed by atoms with Crippen LogP contribution in [0.2, 0.25) is 0 Å². The summed E-state index contributed by atoms with van der Waals surface area (Å²) in [4.78, 5) is 0. The molecule has 0 amide bonds. The molecule has 0 radical (unpaired) electrons. The van der Waals surface area contributed by atoms with Crippen molar-refractivity contribution in [3.8, 4) is 0 Å². The summed E-state index contributed by atoms with van der Waals surface area (Å²) in [5.74, 6) is 0.523. The average molecular weight is 188 g/mol. The van der Waals surface area contributed by atoms with Gasteiger partial charge in [-0.3, -0.25) is 0 Å². The molecule has 0 rings (SSSR count). The van der Waals surface area contributed by atoms with Crippen LogP contribution in [0.25, 0.3) is 0 Å². The Hall–Kier alpha value is -0.0800. The molecule has 0 bridgehead atoms. The van der Waals surface area contributed by atoms with Crippen LogP contribution in [0.5, 0.6) is 0 Å². The lowest BCUT2D eigenvalue weighted by Gasteiger charge is -2.26. The van der Waals surface area contributed by atoms with Gasteiger partial charge in [-0.1, -0.05) is 20.8 Å². The standard InChI is InChI=1S/C11H24O2/c1-4-11(13,5-2)8-6-10(3)7-9-12/h10,12-13H,4-9H2,1-3H3. The number of aliphatic hydroxyl groups excluding tert-OH is 1. The van der Waals surface area contributed by atoms with Crippen LogP contribution in [0.3, 0.4) is 0 Å². The van der Waals surface area contributed by atoms with Crippen molar-refractivity contribution in [2.45, 2.75) is 58.5 Å². The highest BCUT2D eigenvalue weighted by atomic mass is 16.3. The highest BCUT2D eigenvalue weighted by Gasteiger charge is 2.22. The highest BCUT2D eigenvalue weighted by molar-refractivity contribution is 4.75. The summed E-state index contributed by atoms with van der Waals surface area (Å²) < 4.78 is 0. The summed E-state index contributed by atoms with van der Waals surface area (Å²) in [7, 11) is 0. The van der Waals surface area contributed by atoms with Crippen LogP contribution in [0, 0.1) is 5.92 Å². The predicted molar refractivity (Wildman–Crippen MR) is 55.6 cm³/mol. The van der Waals surface area contributed by atoms with E-state index < -0.39 is 5.60 Å². The van der Waals surface area contributed by atoms with Gasteiger partial charge in [-0.2, -0.15) is 0 Å². The number of hydrogen-bond acceptors (Lipinski definition) is 2. The van der Waals surface area contributed by atoms with Gasteiger partial charge in [0.05, 0.1) is 5.60 Å². The van der Waals surface area contributed by atoms with Crippen LogP contribution in [0.15, 0.2) is 0 Å². The molecule has 0 aliphatic heterocycles. The second kappa shape index (κ2) is 6.39. The van der Waals surface area contributed by atoms with Gasteiger partial charge in [0.1, 0.15) is 0 Å². The van der Waals surface area contributed by atoms with E-state index in [0.717, 1.165) is 32.1 Å². The number of rotatable bonds is 7. The Labute approximate surface area is 82.0 Å². The van der Waals surface area contributed by atoms with Crippen molar-refractivity contribution in [3.63, 3.8) is 0 Å². The van der Waals surface area contributed by atoms with Gasteiger partial charge in [0.25, 0.3) is 0 Å². The molecule has 1 unspecified atom stereocenters. The molecular formula is C11H24O2. The van der Waals surface area contributed by atoms with E-state index >= 15 is 0 Å². The van der Waals surface area contributed by atoms with E-state index in [1.54, 1.807) is 0 Å². The average Bonchev–Trinajstić information content (AvgIpc) is 2.15. The zero-order valence-corrected chi connectivity index (χ0v) is 9.21. The van der Waals surface area contributed by atoms with Crippen molar-refractivity contribution in [2.75, 3.05) is 6.61 Å². The predicted octanol–water partition coefficient (Wildman–Crippen LogP) is 2.34. The molecule has 0 aromatic carbocycles. The number of aliphatic hydroxyl groups is 2. The minimum atomic E-state index is -0.469. The minimum absolute atomic E-state index is 0.262. The molecule has 0 aliphatic carbocycles. The summed E-state index contributed by atoms with van der Waals surface area (Å²) in [5.41, 5.74) is -0.469. The van der Waals surface area contributed by atoms with Crippen LogP contribution in [-0.4, -0.2) is 22.4 Å². The highest BCUT2D eigenvalue weighted by Crippen LogP contribution is 2.24. The Morgan fingerprint density at radius 1 is 1.15 bits per heavy atom. The van der Waals surface area contributed by atoms with E-state index in [1.807, 2.05) is 13.8 Å². The second-order valence-electron chi connectivity index (χ2n) is 4.09. The Morgan fingerprint density at radius 2 is 1.69 bits per heavy atom. The monoisotopic (exact) mass is 188 g/mol. The molecule has 2 heteroatoms. The minimum Gasteiger partial charge on any atom is -0.396 e. The van der Waals surface area contributed by atoms with Crippen molar-refractivity contribution in [1.82, 2.24) is 0 Å². The third-order valence-corrected chi connectivity index (χ3v) is 3.04. The van der Waals surface area contributed by atoms with Crippen molar-refractivity contribution >= 4 is 0 Å². The third-order valence-electron chi connectivity index (χ3n) is 3.04. The number of hydrogen-bond donors (Lipinski definition) is 2. The molecule has 2 N–H and O–H groups in total. The molecule has 0 aliphatic rings. The van der Waals surface area contributed by atoms with Crippen LogP contribution in [0.1, 0.15) is 52.9 Å². The largest absolute Gasteiger partial charge is 0.396 e. The lowest BCUT2D eigenvalue weighted by atomic mass is 9.88. The van der Waals surface area contributed by atoms with Gasteiger partial charge in [-0.05, 0) is 38.0 Å². The summed E-state index contributed by atoms with van der Waals surface area (Å²) in [6, 6.07) is 0. The summed E-state index contributed by atoms with van der Waals surface area (Å²) >= 11 is 0. The maximum atomic E-state index is 9.98. The van der Waals surface area contributed by atoms with Gasteiger partial charge in [-0.25, -0.2) is 0 Å². The third kappa shape index (κ3) is 5.27. The van der Waals surface area contributed by atoms with Crippen LogP contribution < -0.4 is 0 Å². The van der Waals surface area contributed by atoms with Crippen molar-refractivity contribution in [3.05, 3.63) is 0 Å². The SMILES string of the molecule is CCC(O)(CC)CCC(C)CCO. The van der Waals surface area contributed by atoms with E-state index in [0.29, 0.717) is 5.92 Å². The topological polar surface area (TPSA) is 40.5 Å². The Morgan fingerprint density at radius 3 is 2.08 bits per heavy atom. The zero-order chi connectivity index (χ0) is 10.3. The van der Waals surface area contributed by atoms with E-state index in [2.05, 4.69) is 6.92 Å². The Balaban J connectivity index is 3.71. The first kappa shape index (κ1) is 12.9. The van der Waals surface area contributed by atoms with Crippen LogP contribution in [0.4, 0.5) is 0 Å². The van der Waals surface area contributed by atoms with Crippen molar-refractivity contribution < 1.29 is 10.2 Å². The van der Waals surface area contributed by atoms with Crippen molar-refractivity contribution in [1.29, 1.82) is 0 Å². The molecule has 0 aromatic heterocycles. The lowest BCUT2D eigenvalue weighted by Crippen LogP contribution is -2.27. The first-order valence-corrected chi connectivity index (χ1v) is 5.41. The molecular weight excluding hydrogens is 164 g/mol. The van der Waals surface area contributed by atoms with E-state index in [-0.39, 0.29) is 6.61 Å². The summed E-state index contributed by atoms with van der Waals surface area (Å²) in [6.07, 6.45) is 4.38. The molecule has 13 heavy (non-hydrogen) atoms.